The molecule has 0 bridgehead atoms. The zero-order valence-electron chi connectivity index (χ0n) is 9.63. The largest absolute Gasteiger partial charge is 0.309 e. The van der Waals surface area contributed by atoms with E-state index in [4.69, 9.17) is 0 Å². The van der Waals surface area contributed by atoms with E-state index in [9.17, 15) is 4.39 Å². The molecule has 0 saturated carbocycles. The van der Waals surface area contributed by atoms with Crippen molar-refractivity contribution in [2.75, 3.05) is 7.05 Å². The molecule has 1 nitrogen and oxygen atoms in total. The number of aryl methyl sites for hydroxylation is 1. The van der Waals surface area contributed by atoms with Crippen LogP contribution in [0.15, 0.2) is 34.1 Å². The number of benzene rings is 1. The van der Waals surface area contributed by atoms with Gasteiger partial charge >= 0.3 is 0 Å². The van der Waals surface area contributed by atoms with Crippen molar-refractivity contribution in [1.82, 2.24) is 5.32 Å². The van der Waals surface area contributed by atoms with Crippen LogP contribution in [0.1, 0.15) is 22.0 Å². The smallest absolute Gasteiger partial charge is 0.124 e. The summed E-state index contributed by atoms with van der Waals surface area (Å²) in [5, 5.41) is 5.39. The molecule has 1 atom stereocenters. The molecule has 2 aromatic rings. The minimum absolute atomic E-state index is 0.0925. The second kappa shape index (κ2) is 5.29. The minimum atomic E-state index is -0.225. The molecular weight excluding hydrogens is 301 g/mol. The van der Waals surface area contributed by atoms with Gasteiger partial charge in [-0.2, -0.15) is 0 Å². The molecule has 1 heterocycles. The monoisotopic (exact) mass is 313 g/mol. The molecule has 4 heteroatoms. The van der Waals surface area contributed by atoms with E-state index in [2.05, 4.69) is 39.6 Å². The second-order valence-corrected chi connectivity index (χ2v) is 5.85. The fraction of sp³-hybridized carbons (Fsp3) is 0.231. The zero-order chi connectivity index (χ0) is 12.4. The minimum Gasteiger partial charge on any atom is -0.309 e. The lowest BCUT2D eigenvalue weighted by Crippen LogP contribution is -2.17. The average Bonchev–Trinajstić information content (AvgIpc) is 2.69. The van der Waals surface area contributed by atoms with Gasteiger partial charge in [0.2, 0.25) is 0 Å². The van der Waals surface area contributed by atoms with Crippen molar-refractivity contribution in [3.8, 4) is 0 Å². The van der Waals surface area contributed by atoms with Crippen LogP contribution in [0.25, 0.3) is 0 Å². The molecule has 0 aliphatic rings. The Morgan fingerprint density at radius 2 is 2.12 bits per heavy atom. The van der Waals surface area contributed by atoms with Gasteiger partial charge in [-0.3, -0.25) is 0 Å². The molecular formula is C13H13BrFNS. The molecule has 0 spiro atoms. The normalized spacial score (nSPS) is 12.7. The lowest BCUT2D eigenvalue weighted by Gasteiger charge is -2.17. The molecule has 0 amide bonds. The van der Waals surface area contributed by atoms with E-state index >= 15 is 0 Å². The van der Waals surface area contributed by atoms with E-state index < -0.39 is 0 Å². The predicted octanol–water partition coefficient (Wildman–Crippen LogP) is 4.27. The number of nitrogens with one attached hydrogen (secondary N) is 1. The van der Waals surface area contributed by atoms with E-state index in [1.54, 1.807) is 11.3 Å². The quantitative estimate of drug-likeness (QED) is 0.892. The maximum absolute atomic E-state index is 13.1. The van der Waals surface area contributed by atoms with Gasteiger partial charge in [-0.15, -0.1) is 11.3 Å². The Kier molecular flexibility index (Phi) is 3.97. The van der Waals surface area contributed by atoms with Gasteiger partial charge in [-0.25, -0.2) is 4.39 Å². The van der Waals surface area contributed by atoms with E-state index in [0.717, 1.165) is 10.0 Å². The fourth-order valence-corrected chi connectivity index (χ4v) is 3.16. The summed E-state index contributed by atoms with van der Waals surface area (Å²) in [6.07, 6.45) is 0. The first-order valence-electron chi connectivity index (χ1n) is 5.29. The Morgan fingerprint density at radius 3 is 2.65 bits per heavy atom. The SMILES string of the molecule is CNC(c1csc(C)c1)c1ccc(F)cc1Br. The van der Waals surface area contributed by atoms with Crippen molar-refractivity contribution in [3.05, 3.63) is 55.9 Å². The number of rotatable bonds is 3. The third-order valence-electron chi connectivity index (χ3n) is 2.65. The standard InChI is InChI=1S/C13H13BrFNS/c1-8-5-9(7-17-8)13(16-2)11-4-3-10(15)6-12(11)14/h3-7,13,16H,1-2H3. The summed E-state index contributed by atoms with van der Waals surface area (Å²) in [6.45, 7) is 2.08. The molecule has 1 N–H and O–H groups in total. The van der Waals surface area contributed by atoms with Crippen molar-refractivity contribution < 1.29 is 4.39 Å². The van der Waals surface area contributed by atoms with Gasteiger partial charge in [0.05, 0.1) is 6.04 Å². The number of halogens is 2. The highest BCUT2D eigenvalue weighted by Gasteiger charge is 2.16. The Balaban J connectivity index is 2.42. The molecule has 1 unspecified atom stereocenters. The Labute approximate surface area is 113 Å². The maximum Gasteiger partial charge on any atom is 0.124 e. The highest BCUT2D eigenvalue weighted by Crippen LogP contribution is 2.31. The Hall–Kier alpha value is -0.710. The molecule has 1 aromatic heterocycles. The van der Waals surface area contributed by atoms with Crippen molar-refractivity contribution in [2.45, 2.75) is 13.0 Å². The molecule has 0 aliphatic carbocycles. The molecule has 2 rings (SSSR count). The lowest BCUT2D eigenvalue weighted by atomic mass is 10.0. The molecule has 0 fully saturated rings. The summed E-state index contributed by atoms with van der Waals surface area (Å²) in [4.78, 5) is 1.28. The maximum atomic E-state index is 13.1. The molecule has 17 heavy (non-hydrogen) atoms. The van der Waals surface area contributed by atoms with Crippen LogP contribution in [-0.2, 0) is 0 Å². The van der Waals surface area contributed by atoms with Crippen LogP contribution in [0.4, 0.5) is 4.39 Å². The van der Waals surface area contributed by atoms with Gasteiger partial charge in [0.25, 0.3) is 0 Å². The summed E-state index contributed by atoms with van der Waals surface area (Å²) in [5.74, 6) is -0.225. The van der Waals surface area contributed by atoms with E-state index in [-0.39, 0.29) is 11.9 Å². The Morgan fingerprint density at radius 1 is 1.35 bits per heavy atom. The third kappa shape index (κ3) is 2.76. The first-order chi connectivity index (χ1) is 8.11. The molecule has 0 aliphatic heterocycles. The zero-order valence-corrected chi connectivity index (χ0v) is 12.0. The fourth-order valence-electron chi connectivity index (χ4n) is 1.85. The van der Waals surface area contributed by atoms with Crippen LogP contribution >= 0.6 is 27.3 Å². The Bertz CT molecular complexity index is 524. The van der Waals surface area contributed by atoms with Crippen molar-refractivity contribution >= 4 is 27.3 Å². The van der Waals surface area contributed by atoms with Gasteiger partial charge in [-0.05, 0) is 48.7 Å². The van der Waals surface area contributed by atoms with Crippen molar-refractivity contribution in [1.29, 1.82) is 0 Å². The van der Waals surface area contributed by atoms with Crippen LogP contribution in [0.3, 0.4) is 0 Å². The van der Waals surface area contributed by atoms with Gasteiger partial charge in [0.15, 0.2) is 0 Å². The van der Waals surface area contributed by atoms with E-state index in [1.807, 2.05) is 13.1 Å². The number of thiophene rings is 1. The van der Waals surface area contributed by atoms with Crippen LogP contribution in [0, 0.1) is 12.7 Å². The molecule has 0 radical (unpaired) electrons. The molecule has 0 saturated heterocycles. The summed E-state index contributed by atoms with van der Waals surface area (Å²) < 4.78 is 13.9. The summed E-state index contributed by atoms with van der Waals surface area (Å²) in [7, 11) is 1.91. The van der Waals surface area contributed by atoms with Crippen LogP contribution in [-0.4, -0.2) is 7.05 Å². The van der Waals surface area contributed by atoms with Crippen LogP contribution in [0.5, 0.6) is 0 Å². The highest BCUT2D eigenvalue weighted by atomic mass is 79.9. The van der Waals surface area contributed by atoms with Crippen LogP contribution < -0.4 is 5.32 Å². The van der Waals surface area contributed by atoms with Gasteiger partial charge in [0.1, 0.15) is 5.82 Å². The van der Waals surface area contributed by atoms with Gasteiger partial charge in [0, 0.05) is 9.35 Å². The van der Waals surface area contributed by atoms with Crippen molar-refractivity contribution in [2.24, 2.45) is 0 Å². The summed E-state index contributed by atoms with van der Waals surface area (Å²) >= 11 is 5.14. The topological polar surface area (TPSA) is 12.0 Å². The van der Waals surface area contributed by atoms with E-state index in [1.165, 1.54) is 22.6 Å². The number of hydrogen-bond donors (Lipinski definition) is 1. The number of hydrogen-bond acceptors (Lipinski definition) is 2. The average molecular weight is 314 g/mol. The highest BCUT2D eigenvalue weighted by molar-refractivity contribution is 9.10. The third-order valence-corrected chi connectivity index (χ3v) is 4.21. The lowest BCUT2D eigenvalue weighted by molar-refractivity contribution is 0.622. The molecule has 90 valence electrons. The van der Waals surface area contributed by atoms with Gasteiger partial charge in [-0.1, -0.05) is 22.0 Å². The first-order valence-corrected chi connectivity index (χ1v) is 6.96. The predicted molar refractivity (Wildman–Crippen MR) is 74.1 cm³/mol. The first kappa shape index (κ1) is 12.7. The second-order valence-electron chi connectivity index (χ2n) is 3.88. The summed E-state index contributed by atoms with van der Waals surface area (Å²) in [6, 6.07) is 7.05. The van der Waals surface area contributed by atoms with Gasteiger partial charge < -0.3 is 5.32 Å². The van der Waals surface area contributed by atoms with Crippen LogP contribution in [0.2, 0.25) is 0 Å². The van der Waals surface area contributed by atoms with Crippen molar-refractivity contribution in [3.63, 3.8) is 0 Å². The summed E-state index contributed by atoms with van der Waals surface area (Å²) in [5.41, 5.74) is 2.26. The molecule has 1 aromatic carbocycles. The van der Waals surface area contributed by atoms with E-state index in [0.29, 0.717) is 0 Å².